The zero-order valence-electron chi connectivity index (χ0n) is 11.3. The molecular formula is C11H11Cl8O3P. The normalized spacial score (nSPS) is 36.1. The molecule has 0 heterocycles. The van der Waals surface area contributed by atoms with Gasteiger partial charge in [-0.25, -0.2) is 0 Å². The molecule has 3 atom stereocenters. The number of rotatable bonds is 7. The second-order valence-corrected chi connectivity index (χ2v) is 11.3. The summed E-state index contributed by atoms with van der Waals surface area (Å²) in [7, 11) is -3.83. The maximum atomic E-state index is 13.3. The Morgan fingerprint density at radius 3 is 1.83 bits per heavy atom. The van der Waals surface area contributed by atoms with Gasteiger partial charge in [-0.3, -0.25) is 4.57 Å². The highest BCUT2D eigenvalue weighted by atomic mass is 35.5. The standard InChI is InChI=1S/C11H11Cl8O3P/c12-1-3-21-23(20,22-4-2-13)6-5-9(16)7(14)8(15)10(6,17)11(9,18)19/h6H,1-5H2. The molecule has 2 bridgehead atoms. The first-order valence-electron chi connectivity index (χ1n) is 6.35. The Kier molecular flexibility index (Phi) is 6.85. The average Bonchev–Trinajstić information content (AvgIpc) is 2.73. The van der Waals surface area contributed by atoms with E-state index in [0.29, 0.717) is 0 Å². The summed E-state index contributed by atoms with van der Waals surface area (Å²) in [5.41, 5.74) is -1.01. The largest absolute Gasteiger partial charge is 0.336 e. The lowest BCUT2D eigenvalue weighted by atomic mass is 10.1. The Morgan fingerprint density at radius 2 is 1.48 bits per heavy atom. The van der Waals surface area contributed by atoms with Crippen molar-refractivity contribution in [1.82, 2.24) is 0 Å². The van der Waals surface area contributed by atoms with Gasteiger partial charge in [-0.15, -0.1) is 46.4 Å². The molecule has 134 valence electrons. The molecule has 3 unspecified atom stereocenters. The first-order chi connectivity index (χ1) is 10.5. The van der Waals surface area contributed by atoms with Crippen LogP contribution in [0.1, 0.15) is 6.42 Å². The summed E-state index contributed by atoms with van der Waals surface area (Å²) in [6, 6.07) is 0. The van der Waals surface area contributed by atoms with Crippen LogP contribution in [0.15, 0.2) is 10.1 Å². The van der Waals surface area contributed by atoms with Gasteiger partial charge >= 0.3 is 7.60 Å². The zero-order chi connectivity index (χ0) is 17.7. The minimum absolute atomic E-state index is 0.0262. The number of hydrogen-bond donors (Lipinski definition) is 0. The van der Waals surface area contributed by atoms with Gasteiger partial charge < -0.3 is 9.05 Å². The van der Waals surface area contributed by atoms with Gasteiger partial charge in [-0.05, 0) is 6.42 Å². The summed E-state index contributed by atoms with van der Waals surface area (Å²) in [5.74, 6) is 0.193. The molecule has 0 radical (unpaired) electrons. The van der Waals surface area contributed by atoms with Crippen molar-refractivity contribution >= 4 is 100 Å². The van der Waals surface area contributed by atoms with E-state index < -0.39 is 27.3 Å². The third kappa shape index (κ3) is 2.99. The molecule has 0 aromatic heterocycles. The quantitative estimate of drug-likeness (QED) is 0.301. The molecule has 2 rings (SSSR count). The van der Waals surface area contributed by atoms with Gasteiger partial charge in [0.2, 0.25) is 0 Å². The van der Waals surface area contributed by atoms with Crippen LogP contribution in [0, 0.1) is 0 Å². The lowest BCUT2D eigenvalue weighted by Crippen LogP contribution is -2.46. The van der Waals surface area contributed by atoms with Crippen LogP contribution < -0.4 is 0 Å². The number of halogens is 8. The molecule has 0 spiro atoms. The van der Waals surface area contributed by atoms with E-state index in [9.17, 15) is 4.57 Å². The Bertz CT molecular complexity index is 557. The van der Waals surface area contributed by atoms with Gasteiger partial charge in [0.15, 0.2) is 4.33 Å². The summed E-state index contributed by atoms with van der Waals surface area (Å²) in [6.07, 6.45) is -0.0397. The predicted molar refractivity (Wildman–Crippen MR) is 99.7 cm³/mol. The van der Waals surface area contributed by atoms with Gasteiger partial charge in [0.25, 0.3) is 0 Å². The highest BCUT2D eigenvalue weighted by molar-refractivity contribution is 7.55. The number of alkyl halides is 6. The lowest BCUT2D eigenvalue weighted by Gasteiger charge is -2.36. The van der Waals surface area contributed by atoms with Crippen molar-refractivity contribution in [2.75, 3.05) is 25.0 Å². The highest BCUT2D eigenvalue weighted by Gasteiger charge is 2.81. The van der Waals surface area contributed by atoms with E-state index in [-0.39, 0.29) is 41.5 Å². The molecule has 1 fully saturated rings. The smallest absolute Gasteiger partial charge is 0.307 e. The summed E-state index contributed by atoms with van der Waals surface area (Å²) in [4.78, 5) is -3.21. The maximum absolute atomic E-state index is 13.3. The Balaban J connectivity index is 2.49. The third-order valence-electron chi connectivity index (χ3n) is 3.83. The van der Waals surface area contributed by atoms with Crippen LogP contribution in [0.2, 0.25) is 0 Å². The Hall–Kier alpha value is 2.21. The average molecular weight is 506 g/mol. The molecule has 0 aliphatic heterocycles. The van der Waals surface area contributed by atoms with Crippen molar-refractivity contribution in [3.8, 4) is 0 Å². The van der Waals surface area contributed by atoms with E-state index >= 15 is 0 Å². The fraction of sp³-hybridized carbons (Fsp3) is 0.818. The fourth-order valence-electron chi connectivity index (χ4n) is 2.75. The molecule has 1 saturated carbocycles. The number of hydrogen-bond acceptors (Lipinski definition) is 3. The molecule has 0 saturated heterocycles. The lowest BCUT2D eigenvalue weighted by molar-refractivity contribution is 0.211. The Morgan fingerprint density at radius 1 is 1.00 bits per heavy atom. The van der Waals surface area contributed by atoms with Crippen molar-refractivity contribution in [1.29, 1.82) is 0 Å². The Labute approximate surface area is 174 Å². The van der Waals surface area contributed by atoms with Crippen molar-refractivity contribution in [2.45, 2.75) is 26.2 Å². The second kappa shape index (κ2) is 7.32. The van der Waals surface area contributed by atoms with Gasteiger partial charge in [0.05, 0.1) is 28.9 Å². The molecule has 0 aromatic carbocycles. The molecule has 3 nitrogen and oxygen atoms in total. The molecule has 0 amide bonds. The highest BCUT2D eigenvalue weighted by Crippen LogP contribution is 2.79. The monoisotopic (exact) mass is 502 g/mol. The molecule has 0 aromatic rings. The summed E-state index contributed by atoms with van der Waals surface area (Å²) >= 11 is 49.4. The molecule has 2 aliphatic carbocycles. The van der Waals surface area contributed by atoms with Gasteiger partial charge in [-0.2, -0.15) is 0 Å². The van der Waals surface area contributed by atoms with Crippen molar-refractivity contribution < 1.29 is 13.6 Å². The minimum atomic E-state index is -3.83. The van der Waals surface area contributed by atoms with E-state index in [2.05, 4.69) is 0 Å². The van der Waals surface area contributed by atoms with Crippen LogP contribution in [0.3, 0.4) is 0 Å². The molecule has 0 N–H and O–H groups in total. The fourth-order valence-corrected chi connectivity index (χ4v) is 8.86. The predicted octanol–water partition coefficient (Wildman–Crippen LogP) is 6.29. The van der Waals surface area contributed by atoms with E-state index in [1.165, 1.54) is 0 Å². The molecule has 23 heavy (non-hydrogen) atoms. The SMILES string of the molecule is O=P(OCCCl)(OCCCl)C1CC2(Cl)C(Cl)=C(Cl)C1(Cl)C2(Cl)Cl. The minimum Gasteiger partial charge on any atom is -0.307 e. The van der Waals surface area contributed by atoms with E-state index in [1.54, 1.807) is 0 Å². The first-order valence-corrected chi connectivity index (χ1v) is 11.3. The second-order valence-electron chi connectivity index (χ2n) is 5.02. The van der Waals surface area contributed by atoms with Crippen LogP contribution in [0.25, 0.3) is 0 Å². The van der Waals surface area contributed by atoms with Gasteiger partial charge in [-0.1, -0.05) is 46.4 Å². The summed E-state index contributed by atoms with van der Waals surface area (Å²) < 4.78 is 22.2. The van der Waals surface area contributed by atoms with Crippen LogP contribution in [0.4, 0.5) is 0 Å². The van der Waals surface area contributed by atoms with E-state index in [4.69, 9.17) is 102 Å². The van der Waals surface area contributed by atoms with Crippen LogP contribution >= 0.6 is 100 Å². The van der Waals surface area contributed by atoms with Crippen LogP contribution in [0.5, 0.6) is 0 Å². The van der Waals surface area contributed by atoms with E-state index in [0.717, 1.165) is 0 Å². The molecular weight excluding hydrogens is 495 g/mol. The van der Waals surface area contributed by atoms with Crippen molar-refractivity contribution in [3.05, 3.63) is 10.1 Å². The van der Waals surface area contributed by atoms with Crippen molar-refractivity contribution in [2.24, 2.45) is 0 Å². The van der Waals surface area contributed by atoms with Gasteiger partial charge in [0, 0.05) is 11.8 Å². The summed E-state index contributed by atoms with van der Waals surface area (Å²) in [6.45, 7) is -0.0704. The molecule has 2 aliphatic rings. The van der Waals surface area contributed by atoms with Crippen LogP contribution in [-0.4, -0.2) is 44.7 Å². The summed E-state index contributed by atoms with van der Waals surface area (Å²) in [5, 5.41) is -0.0421. The zero-order valence-corrected chi connectivity index (χ0v) is 18.3. The number of fused-ring (bicyclic) bond motifs is 2. The maximum Gasteiger partial charge on any atom is 0.336 e. The van der Waals surface area contributed by atoms with Crippen LogP contribution in [-0.2, 0) is 13.6 Å². The number of allylic oxidation sites excluding steroid dienone is 2. The topological polar surface area (TPSA) is 35.5 Å². The van der Waals surface area contributed by atoms with Crippen molar-refractivity contribution in [3.63, 3.8) is 0 Å². The van der Waals surface area contributed by atoms with Gasteiger partial charge in [0.1, 0.15) is 9.75 Å². The third-order valence-corrected chi connectivity index (χ3v) is 11.0. The molecule has 12 heteroatoms. The van der Waals surface area contributed by atoms with E-state index in [1.807, 2.05) is 0 Å². The first kappa shape index (κ1) is 21.5.